The van der Waals surface area contributed by atoms with E-state index in [1.54, 1.807) is 0 Å². The zero-order chi connectivity index (χ0) is 22.3. The van der Waals surface area contributed by atoms with Crippen LogP contribution in [0.1, 0.15) is 55.8 Å². The quantitative estimate of drug-likeness (QED) is 0.369. The highest BCUT2D eigenvalue weighted by atomic mass is 16.5. The molecule has 0 spiro atoms. The van der Waals surface area contributed by atoms with Gasteiger partial charge in [-0.25, -0.2) is 4.98 Å². The number of benzene rings is 1. The summed E-state index contributed by atoms with van der Waals surface area (Å²) in [6.07, 6.45) is 6.09. The molecule has 1 aromatic carbocycles. The van der Waals surface area contributed by atoms with Gasteiger partial charge < -0.3 is 14.2 Å². The predicted molar refractivity (Wildman–Crippen MR) is 124 cm³/mol. The Bertz CT molecular complexity index is 1070. The van der Waals surface area contributed by atoms with E-state index in [4.69, 9.17) is 4.74 Å². The molecular formula is C26H31N3O3. The molecule has 3 aromatic rings. The van der Waals surface area contributed by atoms with Crippen molar-refractivity contribution in [1.82, 2.24) is 14.5 Å². The second-order valence-electron chi connectivity index (χ2n) is 8.30. The zero-order valence-corrected chi connectivity index (χ0v) is 18.8. The van der Waals surface area contributed by atoms with E-state index in [-0.39, 0.29) is 11.9 Å². The number of nitrogens with zero attached hydrogens (tertiary/aromatic N) is 3. The van der Waals surface area contributed by atoms with E-state index in [9.17, 15) is 9.59 Å². The Morgan fingerprint density at radius 3 is 2.66 bits per heavy atom. The van der Waals surface area contributed by atoms with Crippen molar-refractivity contribution in [2.24, 2.45) is 0 Å². The largest absolute Gasteiger partial charge is 0.466 e. The van der Waals surface area contributed by atoms with Gasteiger partial charge in [0.1, 0.15) is 5.65 Å². The lowest BCUT2D eigenvalue weighted by molar-refractivity contribution is -0.143. The van der Waals surface area contributed by atoms with E-state index in [2.05, 4.69) is 39.9 Å². The molecule has 4 rings (SSSR count). The number of hydrogen-bond donors (Lipinski definition) is 0. The first-order valence-corrected chi connectivity index (χ1v) is 11.6. The second-order valence-corrected chi connectivity index (χ2v) is 8.30. The lowest BCUT2D eigenvalue weighted by atomic mass is 10.0. The Morgan fingerprint density at radius 1 is 1.03 bits per heavy atom. The third-order valence-corrected chi connectivity index (χ3v) is 6.13. The maximum Gasteiger partial charge on any atom is 0.305 e. The highest BCUT2D eigenvalue weighted by Crippen LogP contribution is 2.30. The minimum atomic E-state index is -0.151. The van der Waals surface area contributed by atoms with Gasteiger partial charge in [-0.3, -0.25) is 9.59 Å². The van der Waals surface area contributed by atoms with Gasteiger partial charge in [0.15, 0.2) is 0 Å². The summed E-state index contributed by atoms with van der Waals surface area (Å²) in [5.74, 6) is 0.0403. The number of fused-ring (bicyclic) bond motifs is 3. The molecule has 1 aliphatic rings. The summed E-state index contributed by atoms with van der Waals surface area (Å²) in [7, 11) is 0. The molecule has 0 N–H and O–H groups in total. The molecule has 0 saturated heterocycles. The standard InChI is InChI=1S/C26H31N3O3/c1-2-32-25(31)14-8-4-7-13-24(30)28-17-15-21-22-12-9-16-27-26(22)29(23(21)19-28)18-20-10-5-3-6-11-20/h3,5-6,9-12,16H,2,4,7-8,13-15,17-19H2,1H3. The molecule has 0 atom stereocenters. The fourth-order valence-corrected chi connectivity index (χ4v) is 4.52. The van der Waals surface area contributed by atoms with E-state index in [0.717, 1.165) is 44.4 Å². The van der Waals surface area contributed by atoms with Gasteiger partial charge in [-0.1, -0.05) is 36.8 Å². The molecule has 0 saturated carbocycles. The van der Waals surface area contributed by atoms with Gasteiger partial charge in [0, 0.05) is 43.2 Å². The molecule has 0 radical (unpaired) electrons. The molecule has 0 unspecified atom stereocenters. The van der Waals surface area contributed by atoms with Crippen LogP contribution < -0.4 is 0 Å². The summed E-state index contributed by atoms with van der Waals surface area (Å²) in [5, 5.41) is 1.20. The van der Waals surface area contributed by atoms with Crippen molar-refractivity contribution in [2.75, 3.05) is 13.2 Å². The molecule has 6 heteroatoms. The van der Waals surface area contributed by atoms with Gasteiger partial charge in [-0.05, 0) is 49.4 Å². The van der Waals surface area contributed by atoms with Crippen LogP contribution in [0.3, 0.4) is 0 Å². The molecule has 3 heterocycles. The number of carbonyl (C=O) groups excluding carboxylic acids is 2. The summed E-state index contributed by atoms with van der Waals surface area (Å²) >= 11 is 0. The Kier molecular flexibility index (Phi) is 7.20. The molecule has 0 aliphatic carbocycles. The number of esters is 1. The van der Waals surface area contributed by atoms with Crippen molar-refractivity contribution in [3.63, 3.8) is 0 Å². The number of ether oxygens (including phenoxy) is 1. The Hall–Kier alpha value is -3.15. The molecule has 0 fully saturated rings. The second kappa shape index (κ2) is 10.4. The van der Waals surface area contributed by atoms with E-state index in [1.165, 1.54) is 22.2 Å². The maximum atomic E-state index is 12.9. The smallest absolute Gasteiger partial charge is 0.305 e. The molecule has 2 aromatic heterocycles. The van der Waals surface area contributed by atoms with Crippen molar-refractivity contribution in [3.05, 3.63) is 65.5 Å². The van der Waals surface area contributed by atoms with Gasteiger partial charge in [-0.2, -0.15) is 0 Å². The van der Waals surface area contributed by atoms with Crippen molar-refractivity contribution in [1.29, 1.82) is 0 Å². The molecule has 1 amide bonds. The first-order chi connectivity index (χ1) is 15.7. The maximum absolute atomic E-state index is 12.9. The van der Waals surface area contributed by atoms with Crippen molar-refractivity contribution < 1.29 is 14.3 Å². The first-order valence-electron chi connectivity index (χ1n) is 11.6. The van der Waals surface area contributed by atoms with Crippen LogP contribution in [0, 0.1) is 0 Å². The van der Waals surface area contributed by atoms with Gasteiger partial charge in [0.05, 0.1) is 13.2 Å². The highest BCUT2D eigenvalue weighted by Gasteiger charge is 2.26. The Morgan fingerprint density at radius 2 is 1.84 bits per heavy atom. The van der Waals surface area contributed by atoms with Gasteiger partial charge in [0.2, 0.25) is 5.91 Å². The third-order valence-electron chi connectivity index (χ3n) is 6.13. The van der Waals surface area contributed by atoms with Crippen LogP contribution in [0.25, 0.3) is 11.0 Å². The minimum absolute atomic E-state index is 0.151. The molecule has 32 heavy (non-hydrogen) atoms. The van der Waals surface area contributed by atoms with Crippen molar-refractivity contribution >= 4 is 22.9 Å². The zero-order valence-electron chi connectivity index (χ0n) is 18.8. The van der Waals surface area contributed by atoms with Crippen molar-refractivity contribution in [2.45, 2.75) is 58.5 Å². The van der Waals surface area contributed by atoms with E-state index < -0.39 is 0 Å². The van der Waals surface area contributed by atoms with Crippen LogP contribution in [-0.2, 0) is 33.8 Å². The van der Waals surface area contributed by atoms with Gasteiger partial charge in [0.25, 0.3) is 0 Å². The highest BCUT2D eigenvalue weighted by molar-refractivity contribution is 5.84. The summed E-state index contributed by atoms with van der Waals surface area (Å²) in [5.41, 5.74) is 4.74. The lowest BCUT2D eigenvalue weighted by Crippen LogP contribution is -2.36. The fourth-order valence-electron chi connectivity index (χ4n) is 4.52. The number of amides is 1. The SMILES string of the molecule is CCOC(=O)CCCCCC(=O)N1CCc2c(n(Cc3ccccc3)c3ncccc23)C1. The number of aromatic nitrogens is 2. The third kappa shape index (κ3) is 5.01. The van der Waals surface area contributed by atoms with Gasteiger partial charge >= 0.3 is 5.97 Å². The van der Waals surface area contributed by atoms with E-state index in [1.807, 2.05) is 30.2 Å². The van der Waals surface area contributed by atoms with E-state index in [0.29, 0.717) is 26.0 Å². The van der Waals surface area contributed by atoms with Crippen LogP contribution in [0.4, 0.5) is 0 Å². The van der Waals surface area contributed by atoms with Crippen LogP contribution in [0.15, 0.2) is 48.7 Å². The monoisotopic (exact) mass is 433 g/mol. The fraction of sp³-hybridized carbons (Fsp3) is 0.423. The van der Waals surface area contributed by atoms with Crippen LogP contribution in [0.2, 0.25) is 0 Å². The topological polar surface area (TPSA) is 64.4 Å². The summed E-state index contributed by atoms with van der Waals surface area (Å²) in [6.45, 7) is 4.36. The molecule has 1 aliphatic heterocycles. The number of unbranched alkanes of at least 4 members (excludes halogenated alkanes) is 2. The van der Waals surface area contributed by atoms with Crippen LogP contribution in [-0.4, -0.2) is 39.5 Å². The van der Waals surface area contributed by atoms with Crippen LogP contribution in [0.5, 0.6) is 0 Å². The Balaban J connectivity index is 1.42. The molecule has 6 nitrogen and oxygen atoms in total. The predicted octanol–water partition coefficient (Wildman–Crippen LogP) is 4.48. The number of carbonyl (C=O) groups is 2. The van der Waals surface area contributed by atoms with E-state index >= 15 is 0 Å². The van der Waals surface area contributed by atoms with Crippen LogP contribution >= 0.6 is 0 Å². The van der Waals surface area contributed by atoms with Crippen molar-refractivity contribution in [3.8, 4) is 0 Å². The normalized spacial score (nSPS) is 13.2. The summed E-state index contributed by atoms with van der Waals surface area (Å²) < 4.78 is 7.23. The molecular weight excluding hydrogens is 402 g/mol. The summed E-state index contributed by atoms with van der Waals surface area (Å²) in [6, 6.07) is 14.5. The summed E-state index contributed by atoms with van der Waals surface area (Å²) in [4.78, 5) is 31.0. The molecule has 0 bridgehead atoms. The average Bonchev–Trinajstić information content (AvgIpc) is 3.12. The first kappa shape index (κ1) is 22.1. The Labute approximate surface area is 189 Å². The minimum Gasteiger partial charge on any atom is -0.466 e. The average molecular weight is 434 g/mol. The number of hydrogen-bond acceptors (Lipinski definition) is 4. The number of rotatable bonds is 9. The van der Waals surface area contributed by atoms with Gasteiger partial charge in [-0.15, -0.1) is 0 Å². The lowest BCUT2D eigenvalue weighted by Gasteiger charge is -2.28. The molecule has 168 valence electrons. The number of pyridine rings is 1.